The van der Waals surface area contributed by atoms with Gasteiger partial charge >= 0.3 is 12.1 Å². The van der Waals surface area contributed by atoms with Crippen molar-refractivity contribution in [3.8, 4) is 0 Å². The molecule has 1 amide bonds. The molecule has 0 fully saturated rings. The Labute approximate surface area is 105 Å². The molecule has 2 N–H and O–H groups in total. The van der Waals surface area contributed by atoms with Crippen LogP contribution in [0.5, 0.6) is 0 Å². The highest BCUT2D eigenvalue weighted by Gasteiger charge is 2.25. The number of nitrogens with zero attached hydrogens (tertiary/aromatic N) is 3. The smallest absolute Gasteiger partial charge is 0.389 e. The minimum atomic E-state index is -4.24. The van der Waals surface area contributed by atoms with Crippen molar-refractivity contribution >= 4 is 11.9 Å². The second-order valence-corrected chi connectivity index (χ2v) is 3.68. The summed E-state index contributed by atoms with van der Waals surface area (Å²) in [6, 6.07) is 0. The number of carbonyl (C=O) groups is 2. The Balaban J connectivity index is 2.29. The Kier molecular flexibility index (Phi) is 4.84. The van der Waals surface area contributed by atoms with Gasteiger partial charge in [-0.2, -0.15) is 13.2 Å². The molecule has 0 aliphatic rings. The second-order valence-electron chi connectivity index (χ2n) is 3.68. The lowest BCUT2D eigenvalue weighted by atomic mass is 10.3. The number of aromatic nitrogens is 3. The zero-order chi connectivity index (χ0) is 14.5. The lowest BCUT2D eigenvalue weighted by Gasteiger charge is -2.07. The van der Waals surface area contributed by atoms with Gasteiger partial charge in [0.05, 0.1) is 6.20 Å². The molecule has 0 spiro atoms. The predicted octanol–water partition coefficient (Wildman–Crippen LogP) is 0.435. The van der Waals surface area contributed by atoms with E-state index in [9.17, 15) is 22.8 Å². The first-order valence-electron chi connectivity index (χ1n) is 5.25. The third kappa shape index (κ3) is 5.84. The number of rotatable bonds is 6. The summed E-state index contributed by atoms with van der Waals surface area (Å²) in [6.07, 6.45) is -4.38. The maximum atomic E-state index is 11.8. The molecular weight excluding hydrogens is 269 g/mol. The van der Waals surface area contributed by atoms with Crippen molar-refractivity contribution in [2.24, 2.45) is 0 Å². The van der Waals surface area contributed by atoms with Crippen LogP contribution in [0.4, 0.5) is 13.2 Å². The van der Waals surface area contributed by atoms with Crippen molar-refractivity contribution in [3.63, 3.8) is 0 Å². The fourth-order valence-corrected chi connectivity index (χ4v) is 1.19. The first-order chi connectivity index (χ1) is 8.78. The fraction of sp³-hybridized carbons (Fsp3) is 0.556. The highest BCUT2D eigenvalue weighted by atomic mass is 19.4. The summed E-state index contributed by atoms with van der Waals surface area (Å²) >= 11 is 0. The van der Waals surface area contributed by atoms with Crippen molar-refractivity contribution < 1.29 is 27.9 Å². The topological polar surface area (TPSA) is 97.1 Å². The van der Waals surface area contributed by atoms with E-state index in [1.807, 2.05) is 0 Å². The van der Waals surface area contributed by atoms with Crippen molar-refractivity contribution in [1.29, 1.82) is 0 Å². The number of carboxylic acids is 1. The quantitative estimate of drug-likeness (QED) is 0.737. The van der Waals surface area contributed by atoms with E-state index >= 15 is 0 Å². The second kappa shape index (κ2) is 6.16. The molecule has 0 unspecified atom stereocenters. The number of halogens is 3. The van der Waals surface area contributed by atoms with Crippen LogP contribution in [0.1, 0.15) is 23.3 Å². The van der Waals surface area contributed by atoms with Crippen LogP contribution in [-0.2, 0) is 11.3 Å². The maximum absolute atomic E-state index is 11.8. The number of hydrogen-bond donors (Lipinski definition) is 2. The monoisotopic (exact) mass is 280 g/mol. The van der Waals surface area contributed by atoms with E-state index in [4.69, 9.17) is 5.11 Å². The van der Waals surface area contributed by atoms with Gasteiger partial charge in [0.2, 0.25) is 5.91 Å². The van der Waals surface area contributed by atoms with Crippen LogP contribution in [0.25, 0.3) is 0 Å². The van der Waals surface area contributed by atoms with Gasteiger partial charge in [0.15, 0.2) is 5.69 Å². The highest BCUT2D eigenvalue weighted by Crippen LogP contribution is 2.20. The van der Waals surface area contributed by atoms with E-state index in [2.05, 4.69) is 15.6 Å². The fourth-order valence-electron chi connectivity index (χ4n) is 1.19. The van der Waals surface area contributed by atoms with Crippen LogP contribution in [0.3, 0.4) is 0 Å². The Morgan fingerprint density at radius 3 is 2.63 bits per heavy atom. The van der Waals surface area contributed by atoms with Crippen LogP contribution in [0.15, 0.2) is 6.20 Å². The third-order valence-corrected chi connectivity index (χ3v) is 2.02. The summed E-state index contributed by atoms with van der Waals surface area (Å²) in [5, 5.41) is 17.5. The zero-order valence-corrected chi connectivity index (χ0v) is 9.65. The molecule has 0 bridgehead atoms. The molecule has 1 aromatic rings. The molecule has 0 saturated heterocycles. The molecule has 19 heavy (non-hydrogen) atoms. The summed E-state index contributed by atoms with van der Waals surface area (Å²) in [6.45, 7) is -0.412. The first-order valence-corrected chi connectivity index (χ1v) is 5.25. The molecule has 0 aliphatic heterocycles. The molecule has 1 aromatic heterocycles. The lowest BCUT2D eigenvalue weighted by molar-refractivity contribution is -0.136. The summed E-state index contributed by atoms with van der Waals surface area (Å²) in [5.74, 6) is -1.85. The van der Waals surface area contributed by atoms with Crippen molar-refractivity contribution in [1.82, 2.24) is 20.3 Å². The minimum Gasteiger partial charge on any atom is -0.476 e. The standard InChI is InChI=1S/C9H11F3N4O3/c10-9(11,12)2-1-3-13-7(17)5-16-4-6(8(18)19)14-15-16/h4H,1-3,5H2,(H,13,17)(H,18,19). The zero-order valence-electron chi connectivity index (χ0n) is 9.65. The average Bonchev–Trinajstić information content (AvgIpc) is 2.71. The number of carboxylic acid groups (broad SMARTS) is 1. The molecule has 0 saturated carbocycles. The Hall–Kier alpha value is -2.13. The van der Waals surface area contributed by atoms with Crippen molar-refractivity contribution in [2.75, 3.05) is 6.54 Å². The van der Waals surface area contributed by atoms with Gasteiger partial charge in [0.1, 0.15) is 6.54 Å². The average molecular weight is 280 g/mol. The normalized spacial score (nSPS) is 11.3. The van der Waals surface area contributed by atoms with E-state index in [1.54, 1.807) is 0 Å². The SMILES string of the molecule is O=C(Cn1cc(C(=O)O)nn1)NCCCC(F)(F)F. The minimum absolute atomic E-state index is 0.112. The van der Waals surface area contributed by atoms with Crippen LogP contribution in [0, 0.1) is 0 Å². The van der Waals surface area contributed by atoms with E-state index in [0.717, 1.165) is 10.9 Å². The number of nitrogens with one attached hydrogen (secondary N) is 1. The van der Waals surface area contributed by atoms with Gasteiger partial charge < -0.3 is 10.4 Å². The number of aromatic carboxylic acids is 1. The number of carbonyl (C=O) groups excluding carboxylic acids is 1. The summed E-state index contributed by atoms with van der Waals surface area (Å²) in [5.41, 5.74) is -0.315. The molecule has 1 rings (SSSR count). The third-order valence-electron chi connectivity index (χ3n) is 2.02. The molecule has 7 nitrogen and oxygen atoms in total. The number of amides is 1. The maximum Gasteiger partial charge on any atom is 0.389 e. The predicted molar refractivity (Wildman–Crippen MR) is 55.3 cm³/mol. The molecule has 0 radical (unpaired) electrons. The lowest BCUT2D eigenvalue weighted by Crippen LogP contribution is -2.29. The molecule has 0 aromatic carbocycles. The first kappa shape index (κ1) is 14.9. The van der Waals surface area contributed by atoms with E-state index < -0.39 is 24.5 Å². The summed E-state index contributed by atoms with van der Waals surface area (Å²) in [4.78, 5) is 21.8. The van der Waals surface area contributed by atoms with Crippen molar-refractivity contribution in [3.05, 3.63) is 11.9 Å². The van der Waals surface area contributed by atoms with E-state index in [0.29, 0.717) is 0 Å². The van der Waals surface area contributed by atoms with E-state index in [1.165, 1.54) is 0 Å². The Morgan fingerprint density at radius 2 is 2.11 bits per heavy atom. The molecule has 0 atom stereocenters. The van der Waals surface area contributed by atoms with Gasteiger partial charge in [-0.25, -0.2) is 9.48 Å². The highest BCUT2D eigenvalue weighted by molar-refractivity contribution is 5.84. The van der Waals surface area contributed by atoms with Crippen LogP contribution >= 0.6 is 0 Å². The van der Waals surface area contributed by atoms with Gasteiger partial charge in [-0.15, -0.1) is 5.10 Å². The molecule has 10 heteroatoms. The Morgan fingerprint density at radius 1 is 1.42 bits per heavy atom. The van der Waals surface area contributed by atoms with Gasteiger partial charge in [0.25, 0.3) is 0 Å². The van der Waals surface area contributed by atoms with Crippen LogP contribution in [0.2, 0.25) is 0 Å². The van der Waals surface area contributed by atoms with Gasteiger partial charge in [0, 0.05) is 13.0 Å². The van der Waals surface area contributed by atoms with E-state index in [-0.39, 0.29) is 25.2 Å². The van der Waals surface area contributed by atoms with Crippen molar-refractivity contribution in [2.45, 2.75) is 25.6 Å². The number of hydrogen-bond acceptors (Lipinski definition) is 4. The summed E-state index contributed by atoms with van der Waals surface area (Å²) < 4.78 is 36.4. The summed E-state index contributed by atoms with van der Waals surface area (Å²) in [7, 11) is 0. The molecule has 0 aliphatic carbocycles. The van der Waals surface area contributed by atoms with Gasteiger partial charge in [-0.05, 0) is 6.42 Å². The largest absolute Gasteiger partial charge is 0.476 e. The molecule has 1 heterocycles. The van der Waals surface area contributed by atoms with Gasteiger partial charge in [-0.1, -0.05) is 5.21 Å². The van der Waals surface area contributed by atoms with Crippen LogP contribution < -0.4 is 5.32 Å². The van der Waals surface area contributed by atoms with Gasteiger partial charge in [-0.3, -0.25) is 4.79 Å². The molecular formula is C9H11F3N4O3. The Bertz CT molecular complexity index is 458. The van der Waals surface area contributed by atoms with Crippen LogP contribution in [-0.4, -0.2) is 44.7 Å². The molecule has 106 valence electrons. The number of alkyl halides is 3.